The molecule has 38 heavy (non-hydrogen) atoms. The van der Waals surface area contributed by atoms with Gasteiger partial charge < -0.3 is 21.2 Å². The van der Waals surface area contributed by atoms with Crippen molar-refractivity contribution >= 4 is 27.7 Å². The van der Waals surface area contributed by atoms with Crippen LogP contribution in [0.3, 0.4) is 0 Å². The molecule has 0 saturated heterocycles. The highest BCUT2D eigenvalue weighted by Crippen LogP contribution is 2.24. The first-order chi connectivity index (χ1) is 18.1. The van der Waals surface area contributed by atoms with Gasteiger partial charge in [-0.05, 0) is 48.9 Å². The molecule has 10 nitrogen and oxygen atoms in total. The third-order valence-electron chi connectivity index (χ3n) is 7.02. The molecule has 2 aromatic rings. The Labute approximate surface area is 224 Å². The maximum absolute atomic E-state index is 13.5. The molecule has 5 N–H and O–H groups in total. The van der Waals surface area contributed by atoms with Crippen molar-refractivity contribution in [1.82, 2.24) is 9.62 Å². The molecular formula is C27H37N5O5S. The van der Waals surface area contributed by atoms with Crippen molar-refractivity contribution in [2.24, 2.45) is 22.6 Å². The average molecular weight is 544 g/mol. The summed E-state index contributed by atoms with van der Waals surface area (Å²) in [6.45, 7) is 1.75. The summed E-state index contributed by atoms with van der Waals surface area (Å²) < 4.78 is 34.1. The summed E-state index contributed by atoms with van der Waals surface area (Å²) in [7, 11) is -0.950. The number of esters is 1. The van der Waals surface area contributed by atoms with Crippen LogP contribution in [0.4, 0.5) is 0 Å². The van der Waals surface area contributed by atoms with Gasteiger partial charge in [0.2, 0.25) is 15.9 Å². The lowest BCUT2D eigenvalue weighted by Crippen LogP contribution is -2.50. The number of methoxy groups -OCH3 is 1. The van der Waals surface area contributed by atoms with Gasteiger partial charge in [0.05, 0.1) is 17.9 Å². The van der Waals surface area contributed by atoms with Crippen LogP contribution in [0.15, 0.2) is 58.5 Å². The van der Waals surface area contributed by atoms with E-state index in [-0.39, 0.29) is 41.0 Å². The van der Waals surface area contributed by atoms with Crippen LogP contribution in [-0.4, -0.2) is 57.3 Å². The molecule has 0 spiro atoms. The Morgan fingerprint density at radius 1 is 1.05 bits per heavy atom. The number of benzene rings is 2. The van der Waals surface area contributed by atoms with Crippen LogP contribution < -0.4 is 16.3 Å². The average Bonchev–Trinajstić information content (AvgIpc) is 3.46. The summed E-state index contributed by atoms with van der Waals surface area (Å²) in [5, 5.41) is 3.48. The number of nitrogens with two attached hydrogens (primary N) is 2. The summed E-state index contributed by atoms with van der Waals surface area (Å²) in [5.41, 5.74) is 7.95. The van der Waals surface area contributed by atoms with Gasteiger partial charge in [0.25, 0.3) is 0 Å². The molecule has 0 heterocycles. The molecule has 3 rings (SSSR count). The predicted octanol–water partition coefficient (Wildman–Crippen LogP) is 1.91. The molecule has 0 radical (unpaired) electrons. The van der Waals surface area contributed by atoms with E-state index in [1.807, 2.05) is 0 Å². The van der Waals surface area contributed by atoms with Crippen LogP contribution in [0.2, 0.25) is 0 Å². The van der Waals surface area contributed by atoms with E-state index >= 15 is 0 Å². The summed E-state index contributed by atoms with van der Waals surface area (Å²) in [4.78, 5) is 27.0. The highest BCUT2D eigenvalue weighted by atomic mass is 32.2. The van der Waals surface area contributed by atoms with Gasteiger partial charge in [0, 0.05) is 18.7 Å². The van der Waals surface area contributed by atoms with E-state index in [0.717, 1.165) is 36.8 Å². The minimum absolute atomic E-state index is 0.0376. The van der Waals surface area contributed by atoms with Gasteiger partial charge in [0.15, 0.2) is 0 Å². The summed E-state index contributed by atoms with van der Waals surface area (Å²) in [6, 6.07) is 12.4. The highest BCUT2D eigenvalue weighted by molar-refractivity contribution is 7.89. The molecule has 1 unspecified atom stereocenters. The minimum Gasteiger partial charge on any atom is -0.469 e. The van der Waals surface area contributed by atoms with Gasteiger partial charge in [-0.25, -0.2) is 8.42 Å². The Morgan fingerprint density at radius 3 is 2.16 bits per heavy atom. The molecule has 1 amide bonds. The predicted molar refractivity (Wildman–Crippen MR) is 146 cm³/mol. The monoisotopic (exact) mass is 543 g/mol. The fourth-order valence-corrected chi connectivity index (χ4v) is 5.91. The molecule has 1 aliphatic carbocycles. The van der Waals surface area contributed by atoms with Gasteiger partial charge in [0.1, 0.15) is 11.9 Å². The minimum atomic E-state index is -4.02. The Morgan fingerprint density at radius 2 is 1.61 bits per heavy atom. The molecule has 11 heteroatoms. The molecule has 1 aliphatic rings. The lowest BCUT2D eigenvalue weighted by molar-refractivity contribution is -0.144. The van der Waals surface area contributed by atoms with Crippen molar-refractivity contribution in [3.05, 3.63) is 65.2 Å². The molecular weight excluding hydrogens is 506 g/mol. The number of likely N-dealkylation sites (N-methyl/N-ethyl adjacent to an activating group) is 1. The number of sulfonamides is 1. The van der Waals surface area contributed by atoms with Crippen molar-refractivity contribution in [3.63, 3.8) is 0 Å². The third-order valence-corrected chi connectivity index (χ3v) is 8.51. The number of hydrogen-bond donors (Lipinski definition) is 3. The van der Waals surface area contributed by atoms with E-state index in [9.17, 15) is 18.0 Å². The van der Waals surface area contributed by atoms with Crippen molar-refractivity contribution in [1.29, 1.82) is 0 Å². The molecule has 1 saturated carbocycles. The zero-order valence-corrected chi connectivity index (χ0v) is 22.9. The Hall–Kier alpha value is -3.44. The van der Waals surface area contributed by atoms with Gasteiger partial charge in [-0.1, -0.05) is 56.2 Å². The summed E-state index contributed by atoms with van der Waals surface area (Å²) in [5.74, 6) is 4.46. The molecule has 206 valence electrons. The highest BCUT2D eigenvalue weighted by Gasteiger charge is 2.32. The zero-order chi connectivity index (χ0) is 27.9. The van der Waals surface area contributed by atoms with E-state index in [1.165, 1.54) is 19.2 Å². The Bertz CT molecular complexity index is 1240. The quantitative estimate of drug-likeness (QED) is 0.128. The fraction of sp³-hybridized carbons (Fsp3) is 0.444. The Kier molecular flexibility index (Phi) is 9.87. The van der Waals surface area contributed by atoms with Crippen LogP contribution in [0.1, 0.15) is 49.3 Å². The van der Waals surface area contributed by atoms with Crippen LogP contribution in [0, 0.1) is 5.92 Å². The molecule has 0 bridgehead atoms. The third kappa shape index (κ3) is 7.32. The maximum atomic E-state index is 13.5. The number of carbonyl (C=O) groups is 2. The number of nitrogens with one attached hydrogen (secondary N) is 1. The fourth-order valence-electron chi connectivity index (χ4n) is 4.72. The summed E-state index contributed by atoms with van der Waals surface area (Å²) >= 11 is 0. The SMILES string of the molecule is COC(=O)[C@@H](C)Cc1ccc(S(=O)(=O)NC(Cc2ccc(/C(N)=N/N)cc2)C(=O)N(C)C2CCCC2)cc1. The number of nitrogens with zero attached hydrogens (tertiary/aromatic N) is 2. The van der Waals surface area contributed by atoms with E-state index < -0.39 is 16.1 Å². The first-order valence-electron chi connectivity index (χ1n) is 12.6. The van der Waals surface area contributed by atoms with Crippen molar-refractivity contribution < 1.29 is 22.7 Å². The number of hydrazone groups is 1. The van der Waals surface area contributed by atoms with Crippen LogP contribution >= 0.6 is 0 Å². The van der Waals surface area contributed by atoms with Crippen LogP contribution in [-0.2, 0) is 37.2 Å². The van der Waals surface area contributed by atoms with E-state index in [4.69, 9.17) is 16.3 Å². The van der Waals surface area contributed by atoms with Gasteiger partial charge in [-0.15, -0.1) is 0 Å². The number of rotatable bonds is 11. The topological polar surface area (TPSA) is 157 Å². The summed E-state index contributed by atoms with van der Waals surface area (Å²) in [6.07, 6.45) is 4.47. The maximum Gasteiger partial charge on any atom is 0.308 e. The molecule has 2 atom stereocenters. The second-order valence-electron chi connectivity index (χ2n) is 9.75. The number of amidine groups is 1. The van der Waals surface area contributed by atoms with Gasteiger partial charge in [-0.2, -0.15) is 9.82 Å². The van der Waals surface area contributed by atoms with Gasteiger partial charge in [-0.3, -0.25) is 9.59 Å². The number of amides is 1. The number of carbonyl (C=O) groups excluding carboxylic acids is 2. The largest absolute Gasteiger partial charge is 0.469 e. The second kappa shape index (κ2) is 12.9. The Balaban J connectivity index is 1.82. The van der Waals surface area contributed by atoms with Gasteiger partial charge >= 0.3 is 5.97 Å². The van der Waals surface area contributed by atoms with Crippen LogP contribution in [0.25, 0.3) is 0 Å². The smallest absolute Gasteiger partial charge is 0.308 e. The van der Waals surface area contributed by atoms with E-state index in [2.05, 4.69) is 9.82 Å². The van der Waals surface area contributed by atoms with Crippen molar-refractivity contribution in [2.75, 3.05) is 14.2 Å². The lowest BCUT2D eigenvalue weighted by Gasteiger charge is -2.29. The molecule has 1 fully saturated rings. The first kappa shape index (κ1) is 29.1. The van der Waals surface area contributed by atoms with Crippen molar-refractivity contribution in [3.8, 4) is 0 Å². The zero-order valence-electron chi connectivity index (χ0n) is 22.1. The second-order valence-corrected chi connectivity index (χ2v) is 11.5. The van der Waals surface area contributed by atoms with Crippen LogP contribution in [0.5, 0.6) is 0 Å². The standard InChI is InChI=1S/C27H37N5O5S/c1-18(27(34)37-3)16-19-10-14-23(15-11-19)38(35,36)31-24(26(33)32(2)22-6-4-5-7-22)17-20-8-12-21(13-9-20)25(28)30-29/h8-15,18,22,24,31H,4-7,16-17,29H2,1-3H3,(H2,28,30)/t18-,24?/m0/s1. The molecule has 0 aliphatic heterocycles. The van der Waals surface area contributed by atoms with E-state index in [1.54, 1.807) is 55.3 Å². The van der Waals surface area contributed by atoms with Crippen molar-refractivity contribution in [2.45, 2.75) is 62.4 Å². The molecule has 2 aromatic carbocycles. The number of ether oxygens (including phenoxy) is 1. The number of hydrogen-bond acceptors (Lipinski definition) is 7. The first-order valence-corrected chi connectivity index (χ1v) is 14.1. The van der Waals surface area contributed by atoms with E-state index in [0.29, 0.717) is 12.0 Å². The lowest BCUT2D eigenvalue weighted by atomic mass is 10.0. The molecule has 0 aromatic heterocycles. The normalized spacial score (nSPS) is 16.1.